The minimum absolute atomic E-state index is 0.0268. The highest BCUT2D eigenvalue weighted by Crippen LogP contribution is 2.47. The van der Waals surface area contributed by atoms with Crippen LogP contribution in [0.5, 0.6) is 5.75 Å². The number of ketones is 1. The third-order valence-electron chi connectivity index (χ3n) is 4.54. The van der Waals surface area contributed by atoms with Crippen molar-refractivity contribution >= 4 is 39.2 Å². The average molecular weight is 375 g/mol. The topological polar surface area (TPSA) is 90.4 Å². The molecule has 1 aromatic heterocycles. The molecule has 1 heterocycles. The molecule has 1 aliphatic rings. The van der Waals surface area contributed by atoms with Crippen molar-refractivity contribution in [2.45, 2.75) is 12.8 Å². The Kier molecular flexibility index (Phi) is 4.30. The Balaban J connectivity index is 1.90. The molecule has 1 saturated carbocycles. The van der Waals surface area contributed by atoms with Gasteiger partial charge in [-0.2, -0.15) is 5.26 Å². The number of nitrogen functional groups attached to an aromatic ring is 1. The molecule has 0 unspecified atom stereocenters. The maximum Gasteiger partial charge on any atom is 0.178 e. The second-order valence-corrected chi connectivity index (χ2v) is 7.46. The fourth-order valence-corrected chi connectivity index (χ4v) is 4.21. The van der Waals surface area contributed by atoms with Crippen LogP contribution in [0.2, 0.25) is 0 Å². The van der Waals surface area contributed by atoms with E-state index >= 15 is 0 Å². The van der Waals surface area contributed by atoms with Crippen molar-refractivity contribution in [1.82, 2.24) is 0 Å². The van der Waals surface area contributed by atoms with Crippen LogP contribution in [0.1, 0.15) is 28.1 Å². The minimum atomic E-state index is 0.0268. The molecule has 0 saturated heterocycles. The second-order valence-electron chi connectivity index (χ2n) is 6.46. The average Bonchev–Trinajstić information content (AvgIpc) is 3.48. The molecule has 2 aromatic carbocycles. The number of nitrogens with zero attached hydrogens (tertiary/aromatic N) is 2. The second kappa shape index (κ2) is 6.78. The van der Waals surface area contributed by atoms with Gasteiger partial charge in [0.1, 0.15) is 22.4 Å². The van der Waals surface area contributed by atoms with Crippen LogP contribution in [0.3, 0.4) is 0 Å². The van der Waals surface area contributed by atoms with E-state index in [-0.39, 0.29) is 23.1 Å². The number of benzene rings is 2. The van der Waals surface area contributed by atoms with Gasteiger partial charge in [0.2, 0.25) is 0 Å². The summed E-state index contributed by atoms with van der Waals surface area (Å²) in [6.07, 6.45) is 1.77. The number of hydrogen-bond acceptors (Lipinski definition) is 6. The summed E-state index contributed by atoms with van der Waals surface area (Å²) in [5.74, 6) is 0.214. The molecule has 5 nitrogen and oxygen atoms in total. The van der Waals surface area contributed by atoms with Gasteiger partial charge in [0.15, 0.2) is 5.78 Å². The van der Waals surface area contributed by atoms with Gasteiger partial charge in [-0.05, 0) is 49.2 Å². The summed E-state index contributed by atoms with van der Waals surface area (Å²) in [7, 11) is 0. The van der Waals surface area contributed by atoms with Crippen molar-refractivity contribution in [3.63, 3.8) is 0 Å². The molecule has 0 radical (unpaired) electrons. The van der Waals surface area contributed by atoms with Crippen molar-refractivity contribution in [3.8, 4) is 11.8 Å². The van der Waals surface area contributed by atoms with Crippen LogP contribution < -0.4 is 10.6 Å². The van der Waals surface area contributed by atoms with E-state index in [1.165, 1.54) is 11.3 Å². The number of nitriles is 1. The number of phenols is 1. The fourth-order valence-electron chi connectivity index (χ4n) is 2.97. The van der Waals surface area contributed by atoms with Gasteiger partial charge in [0, 0.05) is 17.3 Å². The predicted molar refractivity (Wildman–Crippen MR) is 107 cm³/mol. The number of aromatic hydroxyl groups is 1. The van der Waals surface area contributed by atoms with Crippen LogP contribution in [0.25, 0.3) is 0 Å². The first-order valence-corrected chi connectivity index (χ1v) is 9.42. The van der Waals surface area contributed by atoms with Crippen LogP contribution in [0.4, 0.5) is 22.1 Å². The zero-order valence-electron chi connectivity index (χ0n) is 14.4. The molecule has 4 rings (SSSR count). The standard InChI is InChI=1S/C21H17N3O2S/c22-12-17-18(23)20(19(26)13-6-7-13)27-21(17)24(14-4-2-1-3-5-14)15-8-10-16(25)11-9-15/h1-5,8-11,13,25H,6-7,23H2. The SMILES string of the molecule is N#Cc1c(N(c2ccccc2)c2ccc(O)cc2)sc(C(=O)C2CC2)c1N. The Hall–Kier alpha value is -3.30. The lowest BCUT2D eigenvalue weighted by Crippen LogP contribution is -2.09. The predicted octanol–water partition coefficient (Wildman–Crippen LogP) is 4.97. The Labute approximate surface area is 160 Å². The lowest BCUT2D eigenvalue weighted by Gasteiger charge is -2.24. The lowest BCUT2D eigenvalue weighted by molar-refractivity contribution is 0.0972. The number of nitrogens with two attached hydrogens (primary N) is 1. The molecule has 0 amide bonds. The molecule has 27 heavy (non-hydrogen) atoms. The van der Waals surface area contributed by atoms with Gasteiger partial charge in [-0.3, -0.25) is 4.79 Å². The van der Waals surface area contributed by atoms with Gasteiger partial charge >= 0.3 is 0 Å². The third kappa shape index (κ3) is 3.14. The molecule has 6 heteroatoms. The Bertz CT molecular complexity index is 1030. The largest absolute Gasteiger partial charge is 0.508 e. The summed E-state index contributed by atoms with van der Waals surface area (Å²) in [6.45, 7) is 0. The van der Waals surface area contributed by atoms with Crippen LogP contribution in [-0.2, 0) is 0 Å². The Morgan fingerprint density at radius 3 is 2.33 bits per heavy atom. The molecule has 134 valence electrons. The lowest BCUT2D eigenvalue weighted by atomic mass is 10.1. The molecule has 0 bridgehead atoms. The number of rotatable bonds is 5. The number of para-hydroxylation sites is 1. The van der Waals surface area contributed by atoms with Gasteiger partial charge in [0.25, 0.3) is 0 Å². The number of anilines is 4. The maximum atomic E-state index is 12.6. The highest BCUT2D eigenvalue weighted by Gasteiger charge is 2.35. The van der Waals surface area contributed by atoms with Crippen LogP contribution in [0, 0.1) is 17.2 Å². The molecule has 1 aliphatic carbocycles. The monoisotopic (exact) mass is 375 g/mol. The number of thiophene rings is 1. The number of phenolic OH excluding ortho intramolecular Hbond substituents is 1. The summed E-state index contributed by atoms with van der Waals surface area (Å²) in [6, 6.07) is 18.4. The van der Waals surface area contributed by atoms with E-state index in [0.717, 1.165) is 24.2 Å². The smallest absolute Gasteiger partial charge is 0.178 e. The number of carbonyl (C=O) groups is 1. The molecule has 0 aliphatic heterocycles. The van der Waals surface area contributed by atoms with Crippen molar-refractivity contribution in [3.05, 3.63) is 65.0 Å². The third-order valence-corrected chi connectivity index (χ3v) is 5.74. The molecular weight excluding hydrogens is 358 g/mol. The summed E-state index contributed by atoms with van der Waals surface area (Å²) in [5.41, 5.74) is 8.37. The highest BCUT2D eigenvalue weighted by atomic mass is 32.1. The van der Waals surface area contributed by atoms with Gasteiger partial charge in [-0.25, -0.2) is 0 Å². The minimum Gasteiger partial charge on any atom is -0.508 e. The van der Waals surface area contributed by atoms with E-state index in [1.54, 1.807) is 24.3 Å². The summed E-state index contributed by atoms with van der Waals surface area (Å²) < 4.78 is 0. The number of carbonyl (C=O) groups excluding carboxylic acids is 1. The first kappa shape index (κ1) is 17.1. The van der Waals surface area contributed by atoms with Gasteiger partial charge in [-0.1, -0.05) is 18.2 Å². The molecular formula is C21H17N3O2S. The van der Waals surface area contributed by atoms with Crippen molar-refractivity contribution in [1.29, 1.82) is 5.26 Å². The van der Waals surface area contributed by atoms with Crippen molar-refractivity contribution < 1.29 is 9.90 Å². The zero-order chi connectivity index (χ0) is 19.0. The van der Waals surface area contributed by atoms with Crippen molar-refractivity contribution in [2.75, 3.05) is 10.6 Å². The van der Waals surface area contributed by atoms with E-state index in [1.807, 2.05) is 35.2 Å². The quantitative estimate of drug-likeness (QED) is 0.615. The Morgan fingerprint density at radius 2 is 1.74 bits per heavy atom. The first-order chi connectivity index (χ1) is 13.1. The van der Waals surface area contributed by atoms with Crippen LogP contribution in [-0.4, -0.2) is 10.9 Å². The molecule has 0 atom stereocenters. The van der Waals surface area contributed by atoms with Crippen LogP contribution >= 0.6 is 11.3 Å². The van der Waals surface area contributed by atoms with Gasteiger partial charge in [0.05, 0.1) is 10.6 Å². The summed E-state index contributed by atoms with van der Waals surface area (Å²) in [4.78, 5) is 15.0. The molecule has 1 fully saturated rings. The van der Waals surface area contributed by atoms with E-state index in [4.69, 9.17) is 5.73 Å². The van der Waals surface area contributed by atoms with Gasteiger partial charge in [-0.15, -0.1) is 11.3 Å². The van der Waals surface area contributed by atoms with E-state index in [0.29, 0.717) is 15.4 Å². The van der Waals surface area contributed by atoms with E-state index < -0.39 is 0 Å². The summed E-state index contributed by atoms with van der Waals surface area (Å²) >= 11 is 1.26. The van der Waals surface area contributed by atoms with Crippen molar-refractivity contribution in [2.24, 2.45) is 5.92 Å². The fraction of sp³-hybridized carbons (Fsp3) is 0.143. The first-order valence-electron chi connectivity index (χ1n) is 8.61. The normalized spacial score (nSPS) is 13.1. The maximum absolute atomic E-state index is 12.6. The zero-order valence-corrected chi connectivity index (χ0v) is 15.2. The van der Waals surface area contributed by atoms with E-state index in [9.17, 15) is 15.2 Å². The Morgan fingerprint density at radius 1 is 1.11 bits per heavy atom. The van der Waals surface area contributed by atoms with Crippen LogP contribution in [0.15, 0.2) is 54.6 Å². The highest BCUT2D eigenvalue weighted by molar-refractivity contribution is 7.19. The number of hydrogen-bond donors (Lipinski definition) is 2. The van der Waals surface area contributed by atoms with E-state index in [2.05, 4.69) is 6.07 Å². The molecule has 3 N–H and O–H groups in total. The number of Topliss-reactive ketones (excluding diaryl/α,β-unsaturated/α-hetero) is 1. The molecule has 3 aromatic rings. The molecule has 0 spiro atoms. The summed E-state index contributed by atoms with van der Waals surface area (Å²) in [5, 5.41) is 20.0. The van der Waals surface area contributed by atoms with Gasteiger partial charge < -0.3 is 15.7 Å².